The summed E-state index contributed by atoms with van der Waals surface area (Å²) in [5.74, 6) is 0. The fourth-order valence-electron chi connectivity index (χ4n) is 0.246. The SMILES string of the molecule is C=C=CCC(=C)C. The van der Waals surface area contributed by atoms with E-state index in [1.807, 2.05) is 13.0 Å². The van der Waals surface area contributed by atoms with Crippen molar-refractivity contribution in [1.82, 2.24) is 0 Å². The zero-order valence-corrected chi connectivity index (χ0v) is 4.70. The van der Waals surface area contributed by atoms with Crippen molar-refractivity contribution in [3.8, 4) is 0 Å². The van der Waals surface area contributed by atoms with Gasteiger partial charge in [-0.05, 0) is 19.4 Å². The number of rotatable bonds is 2. The zero-order chi connectivity index (χ0) is 5.70. The van der Waals surface area contributed by atoms with Crippen molar-refractivity contribution in [2.45, 2.75) is 13.3 Å². The van der Waals surface area contributed by atoms with Gasteiger partial charge in [-0.15, -0.1) is 5.73 Å². The Morgan fingerprint density at radius 1 is 1.86 bits per heavy atom. The Labute approximate surface area is 44.9 Å². The molecule has 0 saturated heterocycles. The third kappa shape index (κ3) is 5.26. The van der Waals surface area contributed by atoms with Gasteiger partial charge >= 0.3 is 0 Å². The minimum Gasteiger partial charge on any atom is -0.133 e. The van der Waals surface area contributed by atoms with E-state index >= 15 is 0 Å². The van der Waals surface area contributed by atoms with Crippen molar-refractivity contribution in [3.05, 3.63) is 30.5 Å². The van der Waals surface area contributed by atoms with Crippen LogP contribution in [-0.4, -0.2) is 0 Å². The molecule has 0 nitrogen and oxygen atoms in total. The molecule has 0 aromatic heterocycles. The van der Waals surface area contributed by atoms with Gasteiger partial charge in [0.05, 0.1) is 0 Å². The summed E-state index contributed by atoms with van der Waals surface area (Å²) in [7, 11) is 0. The van der Waals surface area contributed by atoms with Crippen LogP contribution in [0.5, 0.6) is 0 Å². The molecule has 7 heavy (non-hydrogen) atoms. The van der Waals surface area contributed by atoms with Crippen molar-refractivity contribution in [3.63, 3.8) is 0 Å². The fraction of sp³-hybridized carbons (Fsp3) is 0.286. The van der Waals surface area contributed by atoms with E-state index in [2.05, 4.69) is 18.9 Å². The van der Waals surface area contributed by atoms with Crippen molar-refractivity contribution in [1.29, 1.82) is 0 Å². The van der Waals surface area contributed by atoms with Crippen LogP contribution >= 0.6 is 0 Å². The highest BCUT2D eigenvalue weighted by atomic mass is 13.8. The maximum absolute atomic E-state index is 3.69. The maximum Gasteiger partial charge on any atom is -0.00683 e. The normalized spacial score (nSPS) is 7.00. The highest BCUT2D eigenvalue weighted by Gasteiger charge is 1.73. The molecule has 0 aromatic carbocycles. The van der Waals surface area contributed by atoms with Gasteiger partial charge in [0.15, 0.2) is 0 Å². The van der Waals surface area contributed by atoms with Gasteiger partial charge in [0, 0.05) is 0 Å². The number of allylic oxidation sites excluding steroid dienone is 2. The summed E-state index contributed by atoms with van der Waals surface area (Å²) >= 11 is 0. The molecular formula is C7H10. The molecule has 0 rings (SSSR count). The lowest BCUT2D eigenvalue weighted by molar-refractivity contribution is 1.23. The van der Waals surface area contributed by atoms with E-state index in [9.17, 15) is 0 Å². The summed E-state index contributed by atoms with van der Waals surface area (Å²) in [6.07, 6.45) is 2.77. The van der Waals surface area contributed by atoms with E-state index in [0.717, 1.165) is 12.0 Å². The van der Waals surface area contributed by atoms with Crippen LogP contribution < -0.4 is 0 Å². The Hall–Kier alpha value is -0.740. The molecule has 0 atom stereocenters. The summed E-state index contributed by atoms with van der Waals surface area (Å²) in [5.41, 5.74) is 3.81. The second kappa shape index (κ2) is 3.45. The van der Waals surface area contributed by atoms with Gasteiger partial charge in [0.1, 0.15) is 0 Å². The monoisotopic (exact) mass is 94.1 g/mol. The topological polar surface area (TPSA) is 0 Å². The van der Waals surface area contributed by atoms with Gasteiger partial charge < -0.3 is 0 Å². The molecule has 0 N–H and O–H groups in total. The fourth-order valence-corrected chi connectivity index (χ4v) is 0.246. The third-order valence-electron chi connectivity index (χ3n) is 0.595. The van der Waals surface area contributed by atoms with Crippen LogP contribution in [0.1, 0.15) is 13.3 Å². The van der Waals surface area contributed by atoms with Gasteiger partial charge in [-0.2, -0.15) is 0 Å². The van der Waals surface area contributed by atoms with E-state index in [0.29, 0.717) is 0 Å². The first-order valence-electron chi connectivity index (χ1n) is 2.26. The Balaban J connectivity index is 3.32. The predicted molar refractivity (Wildman–Crippen MR) is 33.1 cm³/mol. The molecule has 0 radical (unpaired) electrons. The first-order valence-corrected chi connectivity index (χ1v) is 2.26. The van der Waals surface area contributed by atoms with E-state index < -0.39 is 0 Å². The standard InChI is InChI=1S/C7H10/c1-4-5-6-7(2)3/h5H,1-2,6H2,3H3. The molecule has 0 spiro atoms. The Kier molecular flexibility index (Phi) is 3.09. The molecule has 0 amide bonds. The molecule has 38 valence electrons. The van der Waals surface area contributed by atoms with E-state index in [-0.39, 0.29) is 0 Å². The van der Waals surface area contributed by atoms with Crippen LogP contribution in [0.2, 0.25) is 0 Å². The van der Waals surface area contributed by atoms with Crippen LogP contribution in [0.15, 0.2) is 30.5 Å². The Morgan fingerprint density at radius 3 is 2.57 bits per heavy atom. The molecule has 0 heterocycles. The second-order valence-corrected chi connectivity index (χ2v) is 1.57. The van der Waals surface area contributed by atoms with Crippen LogP contribution in [0.25, 0.3) is 0 Å². The second-order valence-electron chi connectivity index (χ2n) is 1.57. The Morgan fingerprint density at radius 2 is 2.43 bits per heavy atom. The summed E-state index contributed by atoms with van der Waals surface area (Å²) in [5, 5.41) is 0. The van der Waals surface area contributed by atoms with E-state index in [4.69, 9.17) is 0 Å². The first-order chi connectivity index (χ1) is 3.27. The van der Waals surface area contributed by atoms with Gasteiger partial charge in [0.25, 0.3) is 0 Å². The number of hydrogen-bond donors (Lipinski definition) is 0. The van der Waals surface area contributed by atoms with Gasteiger partial charge in [-0.25, -0.2) is 0 Å². The lowest BCUT2D eigenvalue weighted by atomic mass is 10.2. The molecule has 0 aliphatic carbocycles. The maximum atomic E-state index is 3.69. The predicted octanol–water partition coefficient (Wildman–Crippen LogP) is 2.29. The lowest BCUT2D eigenvalue weighted by Crippen LogP contribution is -1.62. The van der Waals surface area contributed by atoms with Crippen LogP contribution in [0.4, 0.5) is 0 Å². The number of hydrogen-bond acceptors (Lipinski definition) is 0. The molecule has 0 unspecified atom stereocenters. The summed E-state index contributed by atoms with van der Waals surface area (Å²) in [6.45, 7) is 9.08. The van der Waals surface area contributed by atoms with E-state index in [1.165, 1.54) is 0 Å². The average molecular weight is 94.2 g/mol. The largest absolute Gasteiger partial charge is 0.133 e. The summed E-state index contributed by atoms with van der Waals surface area (Å²) in [4.78, 5) is 0. The smallest absolute Gasteiger partial charge is 0.00683 e. The zero-order valence-electron chi connectivity index (χ0n) is 4.70. The van der Waals surface area contributed by atoms with Crippen LogP contribution in [0, 0.1) is 0 Å². The molecule has 0 aliphatic rings. The van der Waals surface area contributed by atoms with Crippen molar-refractivity contribution < 1.29 is 0 Å². The first kappa shape index (κ1) is 6.26. The molecule has 0 saturated carbocycles. The molecule has 0 aliphatic heterocycles. The van der Waals surface area contributed by atoms with Crippen LogP contribution in [0.3, 0.4) is 0 Å². The van der Waals surface area contributed by atoms with Gasteiger partial charge in [0.2, 0.25) is 0 Å². The highest BCUT2D eigenvalue weighted by molar-refractivity contribution is 4.96. The molecule has 0 heteroatoms. The van der Waals surface area contributed by atoms with Crippen molar-refractivity contribution in [2.75, 3.05) is 0 Å². The molecule has 0 bridgehead atoms. The highest BCUT2D eigenvalue weighted by Crippen LogP contribution is 1.93. The van der Waals surface area contributed by atoms with Gasteiger partial charge in [-0.3, -0.25) is 0 Å². The van der Waals surface area contributed by atoms with Gasteiger partial charge in [-0.1, -0.05) is 18.7 Å². The minimum atomic E-state index is 0.906. The third-order valence-corrected chi connectivity index (χ3v) is 0.595. The van der Waals surface area contributed by atoms with Crippen molar-refractivity contribution in [2.24, 2.45) is 0 Å². The summed E-state index contributed by atoms with van der Waals surface area (Å²) < 4.78 is 0. The molecule has 0 fully saturated rings. The van der Waals surface area contributed by atoms with Crippen molar-refractivity contribution >= 4 is 0 Å². The summed E-state index contributed by atoms with van der Waals surface area (Å²) in [6, 6.07) is 0. The Bertz CT molecular complexity index is 103. The van der Waals surface area contributed by atoms with Crippen LogP contribution in [-0.2, 0) is 0 Å². The molecular weight excluding hydrogens is 84.1 g/mol. The molecule has 0 aromatic rings. The van der Waals surface area contributed by atoms with E-state index in [1.54, 1.807) is 0 Å². The quantitative estimate of drug-likeness (QED) is 0.364. The average Bonchev–Trinajstić information content (AvgIpc) is 1.61. The lowest BCUT2D eigenvalue weighted by Gasteiger charge is -1.82. The minimum absolute atomic E-state index is 0.906.